The van der Waals surface area contributed by atoms with Gasteiger partial charge in [0.15, 0.2) is 11.6 Å². The minimum Gasteiger partial charge on any atom is -0.352 e. The molecule has 184 valence electrons. The van der Waals surface area contributed by atoms with Crippen LogP contribution < -0.4 is 9.80 Å². The van der Waals surface area contributed by atoms with Crippen LogP contribution in [-0.2, 0) is 6.54 Å². The van der Waals surface area contributed by atoms with Crippen molar-refractivity contribution in [3.63, 3.8) is 0 Å². The van der Waals surface area contributed by atoms with E-state index in [1.807, 2.05) is 55.1 Å². The van der Waals surface area contributed by atoms with E-state index in [2.05, 4.69) is 57.6 Å². The quantitative estimate of drug-likeness (QED) is 0.312. The van der Waals surface area contributed by atoms with Gasteiger partial charge in [0, 0.05) is 49.8 Å². The van der Waals surface area contributed by atoms with Crippen molar-refractivity contribution in [1.29, 1.82) is 0 Å². The van der Waals surface area contributed by atoms with E-state index in [1.165, 1.54) is 6.42 Å². The zero-order chi connectivity index (χ0) is 24.9. The molecule has 1 saturated heterocycles. The van der Waals surface area contributed by atoms with Crippen LogP contribution in [0.1, 0.15) is 38.7 Å². The first-order chi connectivity index (χ1) is 17.7. The van der Waals surface area contributed by atoms with Crippen molar-refractivity contribution >= 4 is 24.0 Å². The number of piperidine rings is 1. The molecule has 1 aromatic carbocycles. The second-order valence-corrected chi connectivity index (χ2v) is 9.12. The molecule has 36 heavy (non-hydrogen) atoms. The molecule has 0 aliphatic carbocycles. The van der Waals surface area contributed by atoms with E-state index in [4.69, 9.17) is 9.97 Å². The molecule has 1 unspecified atom stereocenters. The predicted octanol–water partition coefficient (Wildman–Crippen LogP) is 5.46. The zero-order valence-corrected chi connectivity index (χ0v) is 21.0. The lowest BCUT2D eigenvalue weighted by atomic mass is 10.0. The average Bonchev–Trinajstić information content (AvgIpc) is 3.43. The maximum absolute atomic E-state index is 5.02. The third-order valence-corrected chi connectivity index (χ3v) is 6.77. The Bertz CT molecular complexity index is 1300. The molecule has 0 spiro atoms. The molecule has 0 N–H and O–H groups in total. The number of benzene rings is 1. The maximum atomic E-state index is 5.02. The van der Waals surface area contributed by atoms with E-state index in [-0.39, 0.29) is 0 Å². The van der Waals surface area contributed by atoms with E-state index in [0.717, 1.165) is 59.9 Å². The summed E-state index contributed by atoms with van der Waals surface area (Å²) in [6.07, 6.45) is 11.0. The van der Waals surface area contributed by atoms with Crippen molar-refractivity contribution in [3.8, 4) is 17.1 Å². The standard InChI is InChI=1S/C28H32N8/c1-4-34(19-22-13-15-30-16-14-22)26-25(29-3)27(35-17-9-8-10-21(35)2)33-28(32-26)36-20-24(18-31-36)23-11-6-5-7-12-23/h5-7,11-16,18,20-21H,3-4,8-10,17,19H2,1-2H3. The molecular formula is C28H32N8. The second kappa shape index (κ2) is 10.7. The van der Waals surface area contributed by atoms with Gasteiger partial charge in [0.25, 0.3) is 5.95 Å². The highest BCUT2D eigenvalue weighted by Crippen LogP contribution is 2.39. The van der Waals surface area contributed by atoms with Crippen molar-refractivity contribution in [2.24, 2.45) is 4.99 Å². The van der Waals surface area contributed by atoms with Crippen LogP contribution in [0.15, 0.2) is 72.2 Å². The Morgan fingerprint density at radius 2 is 1.86 bits per heavy atom. The number of aromatic nitrogens is 5. The summed E-state index contributed by atoms with van der Waals surface area (Å²) in [6.45, 7) is 10.7. The van der Waals surface area contributed by atoms with Gasteiger partial charge >= 0.3 is 0 Å². The molecule has 4 heterocycles. The van der Waals surface area contributed by atoms with Gasteiger partial charge in [-0.2, -0.15) is 15.1 Å². The Kier molecular flexibility index (Phi) is 7.02. The minimum absolute atomic E-state index is 0.364. The van der Waals surface area contributed by atoms with Crippen molar-refractivity contribution in [2.75, 3.05) is 22.9 Å². The van der Waals surface area contributed by atoms with Gasteiger partial charge in [-0.25, -0.2) is 4.68 Å². The maximum Gasteiger partial charge on any atom is 0.254 e. The fraction of sp³-hybridized carbons (Fsp3) is 0.321. The van der Waals surface area contributed by atoms with E-state index in [9.17, 15) is 0 Å². The van der Waals surface area contributed by atoms with Crippen LogP contribution in [0, 0.1) is 0 Å². The average molecular weight is 481 g/mol. The molecule has 1 atom stereocenters. The number of hydrogen-bond donors (Lipinski definition) is 0. The SMILES string of the molecule is C=Nc1c(N(CC)Cc2ccncc2)nc(-n2cc(-c3ccccc3)cn2)nc1N1CCCCC1C. The molecule has 8 heteroatoms. The molecule has 3 aromatic heterocycles. The lowest BCUT2D eigenvalue weighted by Gasteiger charge is -2.36. The normalized spacial score (nSPS) is 15.6. The van der Waals surface area contributed by atoms with Crippen LogP contribution >= 0.6 is 0 Å². The van der Waals surface area contributed by atoms with Gasteiger partial charge < -0.3 is 9.80 Å². The van der Waals surface area contributed by atoms with Crippen molar-refractivity contribution < 1.29 is 0 Å². The Morgan fingerprint density at radius 3 is 2.58 bits per heavy atom. The number of hydrogen-bond acceptors (Lipinski definition) is 7. The number of pyridine rings is 1. The van der Waals surface area contributed by atoms with Crippen LogP contribution in [0.2, 0.25) is 0 Å². The van der Waals surface area contributed by atoms with Crippen LogP contribution in [0.4, 0.5) is 17.3 Å². The molecule has 0 bridgehead atoms. The molecule has 8 nitrogen and oxygen atoms in total. The van der Waals surface area contributed by atoms with Crippen LogP contribution in [0.5, 0.6) is 0 Å². The predicted molar refractivity (Wildman–Crippen MR) is 145 cm³/mol. The first-order valence-electron chi connectivity index (χ1n) is 12.6. The highest BCUT2D eigenvalue weighted by Gasteiger charge is 2.27. The smallest absolute Gasteiger partial charge is 0.254 e. The summed E-state index contributed by atoms with van der Waals surface area (Å²) in [5.41, 5.74) is 3.99. The van der Waals surface area contributed by atoms with Gasteiger partial charge in [-0.05, 0) is 63.1 Å². The van der Waals surface area contributed by atoms with Gasteiger partial charge in [0.05, 0.1) is 6.20 Å². The summed E-state index contributed by atoms with van der Waals surface area (Å²) in [4.78, 5) is 23.2. The van der Waals surface area contributed by atoms with Crippen LogP contribution in [0.3, 0.4) is 0 Å². The molecule has 1 aliphatic rings. The number of anilines is 2. The van der Waals surface area contributed by atoms with Gasteiger partial charge in [-0.1, -0.05) is 30.3 Å². The Hall–Kier alpha value is -4.07. The van der Waals surface area contributed by atoms with Crippen LogP contribution in [-0.4, -0.2) is 50.6 Å². The number of aliphatic imine (C=N–C) groups is 1. The third-order valence-electron chi connectivity index (χ3n) is 6.77. The largest absolute Gasteiger partial charge is 0.352 e. The summed E-state index contributed by atoms with van der Waals surface area (Å²) in [5, 5.41) is 4.63. The number of rotatable bonds is 8. The summed E-state index contributed by atoms with van der Waals surface area (Å²) in [6, 6.07) is 14.6. The molecular weight excluding hydrogens is 448 g/mol. The Morgan fingerprint density at radius 1 is 1.06 bits per heavy atom. The first kappa shape index (κ1) is 23.7. The molecule has 1 aliphatic heterocycles. The first-order valence-corrected chi connectivity index (χ1v) is 12.6. The van der Waals surface area contributed by atoms with E-state index >= 15 is 0 Å². The summed E-state index contributed by atoms with van der Waals surface area (Å²) < 4.78 is 1.76. The Labute approximate surface area is 212 Å². The van der Waals surface area contributed by atoms with Gasteiger partial charge in [-0.15, -0.1) is 0 Å². The van der Waals surface area contributed by atoms with Gasteiger partial charge in [0.1, 0.15) is 5.69 Å². The van der Waals surface area contributed by atoms with E-state index in [0.29, 0.717) is 18.5 Å². The fourth-order valence-corrected chi connectivity index (χ4v) is 4.75. The van der Waals surface area contributed by atoms with Crippen molar-refractivity contribution in [1.82, 2.24) is 24.7 Å². The molecule has 0 saturated carbocycles. The van der Waals surface area contributed by atoms with Crippen LogP contribution in [0.25, 0.3) is 17.1 Å². The second-order valence-electron chi connectivity index (χ2n) is 9.12. The van der Waals surface area contributed by atoms with Crippen molar-refractivity contribution in [3.05, 3.63) is 72.8 Å². The Balaban J connectivity index is 1.62. The van der Waals surface area contributed by atoms with Gasteiger partial charge in [0.2, 0.25) is 0 Å². The van der Waals surface area contributed by atoms with Crippen molar-refractivity contribution in [2.45, 2.75) is 45.7 Å². The highest BCUT2D eigenvalue weighted by atomic mass is 15.4. The lowest BCUT2D eigenvalue weighted by molar-refractivity contribution is 0.481. The molecule has 0 radical (unpaired) electrons. The fourth-order valence-electron chi connectivity index (χ4n) is 4.75. The summed E-state index contributed by atoms with van der Waals surface area (Å²) >= 11 is 0. The van der Waals surface area contributed by atoms with E-state index in [1.54, 1.807) is 4.68 Å². The lowest BCUT2D eigenvalue weighted by Crippen LogP contribution is -2.38. The van der Waals surface area contributed by atoms with E-state index < -0.39 is 0 Å². The summed E-state index contributed by atoms with van der Waals surface area (Å²) in [7, 11) is 0. The third kappa shape index (κ3) is 4.84. The molecule has 1 fully saturated rings. The van der Waals surface area contributed by atoms with Gasteiger partial charge in [-0.3, -0.25) is 9.98 Å². The molecule has 0 amide bonds. The molecule has 5 rings (SSSR count). The number of nitrogens with zero attached hydrogens (tertiary/aromatic N) is 8. The monoisotopic (exact) mass is 480 g/mol. The topological polar surface area (TPSA) is 75.3 Å². The molecule has 4 aromatic rings. The highest BCUT2D eigenvalue weighted by molar-refractivity contribution is 5.78. The summed E-state index contributed by atoms with van der Waals surface area (Å²) in [5.74, 6) is 2.11. The zero-order valence-electron chi connectivity index (χ0n) is 21.0. The minimum atomic E-state index is 0.364.